The van der Waals surface area contributed by atoms with Gasteiger partial charge in [0.05, 0.1) is 6.54 Å². The van der Waals surface area contributed by atoms with Crippen LogP contribution in [-0.2, 0) is 6.54 Å². The Morgan fingerprint density at radius 1 is 1.37 bits per heavy atom. The Morgan fingerprint density at radius 3 is 2.84 bits per heavy atom. The topological polar surface area (TPSA) is 55.3 Å². The van der Waals surface area contributed by atoms with E-state index in [-0.39, 0.29) is 0 Å². The Labute approximate surface area is 113 Å². The van der Waals surface area contributed by atoms with Crippen molar-refractivity contribution in [2.24, 2.45) is 5.73 Å². The highest BCUT2D eigenvalue weighted by atomic mass is 16.5. The van der Waals surface area contributed by atoms with Crippen LogP contribution >= 0.6 is 0 Å². The third kappa shape index (κ3) is 2.85. The second-order valence-corrected chi connectivity index (χ2v) is 5.33. The van der Waals surface area contributed by atoms with E-state index in [2.05, 4.69) is 41.2 Å². The summed E-state index contributed by atoms with van der Waals surface area (Å²) >= 11 is 0. The molecule has 2 N–H and O–H groups in total. The second-order valence-electron chi connectivity index (χ2n) is 5.33. The lowest BCUT2D eigenvalue weighted by Gasteiger charge is -2.11. The van der Waals surface area contributed by atoms with E-state index in [9.17, 15) is 0 Å². The van der Waals surface area contributed by atoms with E-state index < -0.39 is 0 Å². The van der Waals surface area contributed by atoms with Crippen LogP contribution in [0.5, 0.6) is 0 Å². The van der Waals surface area contributed by atoms with Crippen LogP contribution in [0.4, 0.5) is 0 Å². The monoisotopic (exact) mass is 257 g/mol. The average molecular weight is 257 g/mol. The molecule has 0 radical (unpaired) electrons. The van der Waals surface area contributed by atoms with Crippen LogP contribution in [0.3, 0.4) is 0 Å². The van der Waals surface area contributed by atoms with Gasteiger partial charge in [-0.25, -0.2) is 0 Å². The van der Waals surface area contributed by atoms with Crippen molar-refractivity contribution < 1.29 is 4.52 Å². The largest absolute Gasteiger partial charge is 0.359 e. The van der Waals surface area contributed by atoms with Gasteiger partial charge in [0.1, 0.15) is 5.69 Å². The summed E-state index contributed by atoms with van der Waals surface area (Å²) in [6.45, 7) is 4.86. The Bertz CT molecular complexity index is 547. The zero-order chi connectivity index (χ0) is 13.2. The predicted octanol–water partition coefficient (Wildman–Crippen LogP) is 2.18. The molecule has 4 heteroatoms. The maximum absolute atomic E-state index is 5.90. The molecule has 1 unspecified atom stereocenters. The molecule has 0 amide bonds. The maximum atomic E-state index is 5.90. The van der Waals surface area contributed by atoms with E-state index in [1.54, 1.807) is 0 Å². The Morgan fingerprint density at radius 2 is 2.16 bits per heavy atom. The molecule has 1 saturated heterocycles. The van der Waals surface area contributed by atoms with Crippen molar-refractivity contribution in [3.05, 3.63) is 41.7 Å². The van der Waals surface area contributed by atoms with Crippen molar-refractivity contribution in [1.82, 2.24) is 10.1 Å². The molecular formula is C15H19N3O. The Kier molecular flexibility index (Phi) is 3.36. The van der Waals surface area contributed by atoms with Crippen LogP contribution in [0.25, 0.3) is 11.3 Å². The molecule has 19 heavy (non-hydrogen) atoms. The van der Waals surface area contributed by atoms with E-state index in [0.717, 1.165) is 43.1 Å². The zero-order valence-corrected chi connectivity index (χ0v) is 11.2. The van der Waals surface area contributed by atoms with Crippen LogP contribution in [0.2, 0.25) is 0 Å². The fourth-order valence-electron chi connectivity index (χ4n) is 2.47. The molecule has 3 rings (SSSR count). The minimum Gasteiger partial charge on any atom is -0.359 e. The van der Waals surface area contributed by atoms with Crippen molar-refractivity contribution in [2.75, 3.05) is 13.1 Å². The Hall–Kier alpha value is -1.65. The molecule has 1 aliphatic rings. The highest BCUT2D eigenvalue weighted by Crippen LogP contribution is 2.21. The van der Waals surface area contributed by atoms with Crippen LogP contribution in [0, 0.1) is 6.92 Å². The maximum Gasteiger partial charge on any atom is 0.151 e. The lowest BCUT2D eigenvalue weighted by molar-refractivity contribution is 0.272. The van der Waals surface area contributed by atoms with Gasteiger partial charge in [-0.1, -0.05) is 35.0 Å². The molecule has 0 bridgehead atoms. The summed E-state index contributed by atoms with van der Waals surface area (Å²) in [4.78, 5) is 2.31. The van der Waals surface area contributed by atoms with E-state index in [1.807, 2.05) is 6.07 Å². The highest BCUT2D eigenvalue weighted by Gasteiger charge is 2.20. The molecule has 0 saturated carbocycles. The van der Waals surface area contributed by atoms with Crippen LogP contribution in [0.15, 0.2) is 34.9 Å². The third-order valence-corrected chi connectivity index (χ3v) is 3.59. The summed E-state index contributed by atoms with van der Waals surface area (Å²) in [6, 6.07) is 10.6. The molecule has 2 aromatic rings. The van der Waals surface area contributed by atoms with Gasteiger partial charge < -0.3 is 10.3 Å². The highest BCUT2D eigenvalue weighted by molar-refractivity contribution is 5.59. The van der Waals surface area contributed by atoms with E-state index in [4.69, 9.17) is 10.3 Å². The molecule has 0 aliphatic carbocycles. The van der Waals surface area contributed by atoms with Crippen molar-refractivity contribution in [3.8, 4) is 11.3 Å². The number of likely N-dealkylation sites (tertiary alicyclic amines) is 1. The van der Waals surface area contributed by atoms with Gasteiger partial charge in [-0.05, 0) is 13.3 Å². The summed E-state index contributed by atoms with van der Waals surface area (Å²) in [5, 5.41) is 4.14. The molecule has 1 aromatic carbocycles. The molecular weight excluding hydrogens is 238 g/mol. The number of hydrogen-bond donors (Lipinski definition) is 1. The molecule has 4 nitrogen and oxygen atoms in total. The van der Waals surface area contributed by atoms with E-state index in [0.29, 0.717) is 6.04 Å². The van der Waals surface area contributed by atoms with Gasteiger partial charge in [0, 0.05) is 30.8 Å². The number of aryl methyl sites for hydroxylation is 1. The zero-order valence-electron chi connectivity index (χ0n) is 11.2. The second kappa shape index (κ2) is 5.15. The quantitative estimate of drug-likeness (QED) is 0.915. The predicted molar refractivity (Wildman–Crippen MR) is 74.5 cm³/mol. The van der Waals surface area contributed by atoms with Gasteiger partial charge in [-0.15, -0.1) is 0 Å². The van der Waals surface area contributed by atoms with Gasteiger partial charge in [0.25, 0.3) is 0 Å². The van der Waals surface area contributed by atoms with Gasteiger partial charge >= 0.3 is 0 Å². The molecule has 1 fully saturated rings. The number of benzene rings is 1. The number of nitrogens with two attached hydrogens (primary N) is 1. The summed E-state index contributed by atoms with van der Waals surface area (Å²) in [5.41, 5.74) is 9.15. The SMILES string of the molecule is Cc1ccc(-c2cc(CN3CCC(N)C3)on2)cc1. The van der Waals surface area contributed by atoms with Crippen molar-refractivity contribution in [1.29, 1.82) is 0 Å². The number of aromatic nitrogens is 1. The van der Waals surface area contributed by atoms with Crippen LogP contribution in [0.1, 0.15) is 17.7 Å². The summed E-state index contributed by atoms with van der Waals surface area (Å²) in [5.74, 6) is 0.907. The number of rotatable bonds is 3. The van der Waals surface area contributed by atoms with Crippen molar-refractivity contribution in [2.45, 2.75) is 25.9 Å². The summed E-state index contributed by atoms with van der Waals surface area (Å²) < 4.78 is 5.41. The van der Waals surface area contributed by atoms with Gasteiger partial charge in [-0.2, -0.15) is 0 Å². The molecule has 100 valence electrons. The first kappa shape index (κ1) is 12.4. The standard InChI is InChI=1S/C15H19N3O/c1-11-2-4-12(5-3-11)15-8-14(19-17-15)10-18-7-6-13(16)9-18/h2-5,8,13H,6-7,9-10,16H2,1H3. The van der Waals surface area contributed by atoms with Gasteiger partial charge in [0.2, 0.25) is 0 Å². The first-order valence-electron chi connectivity index (χ1n) is 6.71. The lowest BCUT2D eigenvalue weighted by Crippen LogP contribution is -2.26. The normalized spacial score (nSPS) is 20.0. The minimum atomic E-state index is 0.305. The smallest absolute Gasteiger partial charge is 0.151 e. The Balaban J connectivity index is 1.71. The first-order chi connectivity index (χ1) is 9.20. The molecule has 1 aromatic heterocycles. The van der Waals surface area contributed by atoms with E-state index >= 15 is 0 Å². The fourth-order valence-corrected chi connectivity index (χ4v) is 2.47. The molecule has 1 aliphatic heterocycles. The lowest BCUT2D eigenvalue weighted by atomic mass is 10.1. The number of hydrogen-bond acceptors (Lipinski definition) is 4. The average Bonchev–Trinajstić information content (AvgIpc) is 3.00. The third-order valence-electron chi connectivity index (χ3n) is 3.59. The first-order valence-corrected chi connectivity index (χ1v) is 6.71. The summed E-state index contributed by atoms with van der Waals surface area (Å²) in [7, 11) is 0. The summed E-state index contributed by atoms with van der Waals surface area (Å²) in [6.07, 6.45) is 1.07. The van der Waals surface area contributed by atoms with Crippen LogP contribution < -0.4 is 5.73 Å². The molecule has 0 spiro atoms. The van der Waals surface area contributed by atoms with Gasteiger partial charge in [0.15, 0.2) is 5.76 Å². The molecule has 2 heterocycles. The number of nitrogens with zero attached hydrogens (tertiary/aromatic N) is 2. The van der Waals surface area contributed by atoms with Crippen molar-refractivity contribution >= 4 is 0 Å². The van der Waals surface area contributed by atoms with Crippen LogP contribution in [-0.4, -0.2) is 29.2 Å². The minimum absolute atomic E-state index is 0.305. The molecule has 1 atom stereocenters. The van der Waals surface area contributed by atoms with Crippen molar-refractivity contribution in [3.63, 3.8) is 0 Å². The van der Waals surface area contributed by atoms with E-state index in [1.165, 1.54) is 5.56 Å². The van der Waals surface area contributed by atoms with Gasteiger partial charge in [-0.3, -0.25) is 4.90 Å². The fraction of sp³-hybridized carbons (Fsp3) is 0.400.